The van der Waals surface area contributed by atoms with Crippen LogP contribution in [0.5, 0.6) is 0 Å². The van der Waals surface area contributed by atoms with Crippen LogP contribution in [0.25, 0.3) is 0 Å². The van der Waals surface area contributed by atoms with Gasteiger partial charge in [0.2, 0.25) is 0 Å². The summed E-state index contributed by atoms with van der Waals surface area (Å²) in [7, 11) is 1.31. The zero-order chi connectivity index (χ0) is 19.2. The van der Waals surface area contributed by atoms with E-state index in [9.17, 15) is 9.90 Å². The number of benzene rings is 2. The van der Waals surface area contributed by atoms with Gasteiger partial charge in [0.15, 0.2) is 5.71 Å². The Morgan fingerprint density at radius 1 is 1.11 bits per heavy atom. The Kier molecular flexibility index (Phi) is 5.86. The molecule has 0 heterocycles. The number of carbonyl (C=O) groups is 1. The summed E-state index contributed by atoms with van der Waals surface area (Å²) in [6, 6.07) is 17.4. The minimum atomic E-state index is -1.16. The second-order valence-electron chi connectivity index (χ2n) is 6.45. The molecule has 1 aliphatic rings. The van der Waals surface area contributed by atoms with Crippen LogP contribution in [0.2, 0.25) is 0 Å². The molecule has 1 aliphatic carbocycles. The summed E-state index contributed by atoms with van der Waals surface area (Å²) in [6.45, 7) is 2.13. The molecule has 6 heteroatoms. The van der Waals surface area contributed by atoms with E-state index in [0.29, 0.717) is 23.0 Å². The Bertz CT molecular complexity index is 861. The average Bonchev–Trinajstić information content (AvgIpc) is 3.48. The van der Waals surface area contributed by atoms with Crippen LogP contribution >= 0.6 is 0 Å². The third kappa shape index (κ3) is 4.53. The van der Waals surface area contributed by atoms with Gasteiger partial charge >= 0.3 is 5.97 Å². The molecule has 0 aliphatic heterocycles. The normalized spacial score (nSPS) is 19.5. The molecule has 6 nitrogen and oxygen atoms in total. The fraction of sp³-hybridized carbons (Fsp3) is 0.286. The van der Waals surface area contributed by atoms with Gasteiger partial charge in [-0.15, -0.1) is 0 Å². The molecule has 0 amide bonds. The highest BCUT2D eigenvalue weighted by molar-refractivity contribution is 6.42. The van der Waals surface area contributed by atoms with Gasteiger partial charge in [-0.1, -0.05) is 64.9 Å². The smallest absolute Gasteiger partial charge is 0.358 e. The molecule has 3 rings (SSSR count). The second-order valence-corrected chi connectivity index (χ2v) is 6.45. The highest BCUT2D eigenvalue weighted by Crippen LogP contribution is 2.48. The van der Waals surface area contributed by atoms with E-state index in [1.807, 2.05) is 31.2 Å². The van der Waals surface area contributed by atoms with Gasteiger partial charge in [-0.2, -0.15) is 0 Å². The summed E-state index contributed by atoms with van der Waals surface area (Å²) < 4.78 is 0. The van der Waals surface area contributed by atoms with Crippen LogP contribution in [0, 0.1) is 5.92 Å². The Morgan fingerprint density at radius 2 is 1.81 bits per heavy atom. The van der Waals surface area contributed by atoms with Crippen molar-refractivity contribution in [2.75, 3.05) is 7.11 Å². The van der Waals surface area contributed by atoms with Crippen molar-refractivity contribution in [3.8, 4) is 0 Å². The quantitative estimate of drug-likeness (QED) is 0.569. The molecule has 1 N–H and O–H groups in total. The largest absolute Gasteiger partial charge is 0.476 e. The third-order valence-electron chi connectivity index (χ3n) is 4.64. The van der Waals surface area contributed by atoms with E-state index in [-0.39, 0.29) is 12.3 Å². The molecule has 0 radical (unpaired) electrons. The second kappa shape index (κ2) is 8.49. The van der Waals surface area contributed by atoms with Crippen molar-refractivity contribution >= 4 is 17.4 Å². The molecule has 2 aromatic rings. The number of nitrogens with zero attached hydrogens (tertiary/aromatic N) is 2. The van der Waals surface area contributed by atoms with Gasteiger partial charge in [0.25, 0.3) is 0 Å². The summed E-state index contributed by atoms with van der Waals surface area (Å²) in [5.41, 5.74) is 3.24. The predicted octanol–water partition coefficient (Wildman–Crippen LogP) is 3.82. The zero-order valence-corrected chi connectivity index (χ0v) is 15.3. The SMILES string of the molecule is CON=C(C(=O)O)c1ccccc1CON=C(C)[C@@H]1C[C@H]1c1ccccc1. The number of rotatable bonds is 8. The standard InChI is InChI=1S/C21H22N2O4/c1-14(18-12-19(18)15-8-4-3-5-9-15)22-27-13-16-10-6-7-11-17(16)20(21(24)25)23-26-2/h3-11,18-19H,12-13H2,1-2H3,(H,24,25)/t18-,19-/m0/s1. The number of carboxylic acids is 1. The van der Waals surface area contributed by atoms with Crippen LogP contribution in [0.4, 0.5) is 0 Å². The molecule has 2 atom stereocenters. The van der Waals surface area contributed by atoms with Crippen LogP contribution in [-0.4, -0.2) is 29.6 Å². The molecular weight excluding hydrogens is 344 g/mol. The van der Waals surface area contributed by atoms with E-state index >= 15 is 0 Å². The van der Waals surface area contributed by atoms with Gasteiger partial charge in [0, 0.05) is 17.0 Å². The predicted molar refractivity (Wildman–Crippen MR) is 103 cm³/mol. The maximum Gasteiger partial charge on any atom is 0.358 e. The fourth-order valence-electron chi connectivity index (χ4n) is 3.17. The van der Waals surface area contributed by atoms with Gasteiger partial charge in [-0.25, -0.2) is 4.79 Å². The van der Waals surface area contributed by atoms with Crippen molar-refractivity contribution in [2.24, 2.45) is 16.2 Å². The van der Waals surface area contributed by atoms with E-state index in [2.05, 4.69) is 27.3 Å². The Hall–Kier alpha value is -3.15. The van der Waals surface area contributed by atoms with Gasteiger partial charge < -0.3 is 14.8 Å². The molecule has 27 heavy (non-hydrogen) atoms. The maximum absolute atomic E-state index is 11.4. The average molecular weight is 366 g/mol. The first-order valence-electron chi connectivity index (χ1n) is 8.76. The number of aliphatic carboxylic acids is 1. The molecule has 0 aromatic heterocycles. The van der Waals surface area contributed by atoms with Crippen LogP contribution in [0.1, 0.15) is 36.0 Å². The minimum absolute atomic E-state index is 0.159. The summed E-state index contributed by atoms with van der Waals surface area (Å²) in [5, 5.41) is 17.2. The third-order valence-corrected chi connectivity index (χ3v) is 4.64. The molecule has 0 unspecified atom stereocenters. The van der Waals surface area contributed by atoms with Crippen LogP contribution in [0.15, 0.2) is 64.9 Å². The van der Waals surface area contributed by atoms with Crippen molar-refractivity contribution in [3.05, 3.63) is 71.3 Å². The lowest BCUT2D eigenvalue weighted by molar-refractivity contribution is -0.129. The monoisotopic (exact) mass is 366 g/mol. The molecule has 0 bridgehead atoms. The summed E-state index contributed by atoms with van der Waals surface area (Å²) in [5.74, 6) is -0.266. The van der Waals surface area contributed by atoms with E-state index < -0.39 is 5.97 Å². The van der Waals surface area contributed by atoms with Crippen molar-refractivity contribution in [2.45, 2.75) is 25.9 Å². The lowest BCUT2D eigenvalue weighted by Crippen LogP contribution is -2.17. The molecule has 1 saturated carbocycles. The Labute approximate surface area is 158 Å². The van der Waals surface area contributed by atoms with Crippen LogP contribution in [-0.2, 0) is 21.1 Å². The first kappa shape index (κ1) is 18.6. The first-order valence-corrected chi connectivity index (χ1v) is 8.76. The Balaban J connectivity index is 1.65. The number of hydrogen-bond donors (Lipinski definition) is 1. The molecule has 140 valence electrons. The lowest BCUT2D eigenvalue weighted by Gasteiger charge is -2.08. The van der Waals surface area contributed by atoms with Gasteiger partial charge in [-0.3, -0.25) is 0 Å². The van der Waals surface area contributed by atoms with Gasteiger partial charge in [-0.05, 0) is 24.8 Å². The van der Waals surface area contributed by atoms with Gasteiger partial charge in [0.05, 0.1) is 5.71 Å². The maximum atomic E-state index is 11.4. The summed E-state index contributed by atoms with van der Waals surface area (Å²) in [4.78, 5) is 21.6. The van der Waals surface area contributed by atoms with Crippen molar-refractivity contribution in [3.63, 3.8) is 0 Å². The van der Waals surface area contributed by atoms with Crippen LogP contribution in [0.3, 0.4) is 0 Å². The van der Waals surface area contributed by atoms with E-state index in [0.717, 1.165) is 12.1 Å². The molecule has 0 spiro atoms. The number of oxime groups is 2. The van der Waals surface area contributed by atoms with Gasteiger partial charge in [0.1, 0.15) is 13.7 Å². The molecular formula is C21H22N2O4. The number of carboxylic acid groups (broad SMARTS) is 1. The minimum Gasteiger partial charge on any atom is -0.476 e. The highest BCUT2D eigenvalue weighted by atomic mass is 16.6. The van der Waals surface area contributed by atoms with E-state index in [1.165, 1.54) is 12.7 Å². The first-order chi connectivity index (χ1) is 13.1. The van der Waals surface area contributed by atoms with Crippen molar-refractivity contribution in [1.29, 1.82) is 0 Å². The van der Waals surface area contributed by atoms with E-state index in [4.69, 9.17) is 4.84 Å². The summed E-state index contributed by atoms with van der Waals surface area (Å²) >= 11 is 0. The highest BCUT2D eigenvalue weighted by Gasteiger charge is 2.40. The molecule has 2 aromatic carbocycles. The molecule has 0 saturated heterocycles. The van der Waals surface area contributed by atoms with Crippen molar-refractivity contribution in [1.82, 2.24) is 0 Å². The number of hydrogen-bond acceptors (Lipinski definition) is 5. The zero-order valence-electron chi connectivity index (χ0n) is 15.3. The topological polar surface area (TPSA) is 80.5 Å². The van der Waals surface area contributed by atoms with Crippen molar-refractivity contribution < 1.29 is 19.6 Å². The Morgan fingerprint density at radius 3 is 2.52 bits per heavy atom. The fourth-order valence-corrected chi connectivity index (χ4v) is 3.17. The van der Waals surface area contributed by atoms with Crippen LogP contribution < -0.4 is 0 Å². The molecule has 1 fully saturated rings. The van der Waals surface area contributed by atoms with E-state index in [1.54, 1.807) is 18.2 Å². The lowest BCUT2D eigenvalue weighted by atomic mass is 10.0. The summed E-state index contributed by atoms with van der Waals surface area (Å²) in [6.07, 6.45) is 1.07.